The minimum absolute atomic E-state index is 0.0509. The number of carbonyl (C=O) groups is 2. The number of tetrazole rings is 1. The Hall–Kier alpha value is -3.14. The predicted molar refractivity (Wildman–Crippen MR) is 102 cm³/mol. The number of hydrogen-bond donors (Lipinski definition) is 1. The van der Waals surface area contributed by atoms with Crippen LogP contribution in [0.3, 0.4) is 0 Å². The molecule has 0 fully saturated rings. The first-order chi connectivity index (χ1) is 13.6. The zero-order valence-corrected chi connectivity index (χ0v) is 15.9. The Morgan fingerprint density at radius 2 is 2.11 bits per heavy atom. The van der Waals surface area contributed by atoms with Crippen LogP contribution in [0.25, 0.3) is 5.69 Å². The second-order valence-electron chi connectivity index (χ2n) is 6.54. The monoisotopic (exact) mass is 395 g/mol. The number of amides is 1. The molecule has 28 heavy (non-hydrogen) atoms. The summed E-state index contributed by atoms with van der Waals surface area (Å²) in [6.07, 6.45) is 2.71. The number of nitrogens with zero attached hydrogens (tertiary/aromatic N) is 6. The van der Waals surface area contributed by atoms with Crippen molar-refractivity contribution in [2.45, 2.75) is 24.9 Å². The normalized spacial score (nSPS) is 15.9. The Labute approximate surface area is 165 Å². The average molecular weight is 395 g/mol. The molecule has 9 nitrogen and oxygen atoms in total. The van der Waals surface area contributed by atoms with E-state index in [-0.39, 0.29) is 29.3 Å². The molecule has 142 valence electrons. The van der Waals surface area contributed by atoms with Gasteiger partial charge in [-0.25, -0.2) is 9.97 Å². The highest BCUT2D eigenvalue weighted by atomic mass is 32.2. The van der Waals surface area contributed by atoms with Crippen LogP contribution >= 0.6 is 11.8 Å². The van der Waals surface area contributed by atoms with Gasteiger partial charge >= 0.3 is 0 Å². The van der Waals surface area contributed by atoms with E-state index >= 15 is 0 Å². The van der Waals surface area contributed by atoms with Gasteiger partial charge in [0, 0.05) is 12.6 Å². The van der Waals surface area contributed by atoms with E-state index in [9.17, 15) is 9.59 Å². The van der Waals surface area contributed by atoms with Gasteiger partial charge in [0.25, 0.3) is 0 Å². The van der Waals surface area contributed by atoms with Gasteiger partial charge in [0.1, 0.15) is 0 Å². The summed E-state index contributed by atoms with van der Waals surface area (Å²) in [6, 6.07) is 9.43. The Bertz CT molecular complexity index is 1020. The molecule has 0 saturated heterocycles. The van der Waals surface area contributed by atoms with Crippen molar-refractivity contribution in [2.75, 3.05) is 11.1 Å². The van der Waals surface area contributed by atoms with Crippen molar-refractivity contribution >= 4 is 29.4 Å². The lowest BCUT2D eigenvalue weighted by atomic mass is 9.88. The number of thioether (sulfide) groups is 1. The van der Waals surface area contributed by atoms with Crippen LogP contribution in [-0.4, -0.2) is 47.6 Å². The number of anilines is 1. The highest BCUT2D eigenvalue weighted by molar-refractivity contribution is 7.99. The van der Waals surface area contributed by atoms with Gasteiger partial charge in [-0.05, 0) is 34.9 Å². The van der Waals surface area contributed by atoms with Gasteiger partial charge in [0.15, 0.2) is 5.78 Å². The summed E-state index contributed by atoms with van der Waals surface area (Å²) < 4.78 is 1.57. The maximum atomic E-state index is 12.3. The smallest absolute Gasteiger partial charge is 0.237 e. The summed E-state index contributed by atoms with van der Waals surface area (Å²) >= 11 is 1.21. The van der Waals surface area contributed by atoms with E-state index in [2.05, 4.69) is 30.8 Å². The number of nitrogens with one attached hydrogen (secondary N) is 1. The number of carbonyl (C=O) groups excluding carboxylic acids is 2. The highest BCUT2D eigenvalue weighted by Crippen LogP contribution is 2.24. The van der Waals surface area contributed by atoms with Gasteiger partial charge in [-0.2, -0.15) is 4.68 Å². The fraction of sp³-hybridized carbons (Fsp3) is 0.278. The summed E-state index contributed by atoms with van der Waals surface area (Å²) in [7, 11) is 0. The van der Waals surface area contributed by atoms with Crippen molar-refractivity contribution < 1.29 is 9.59 Å². The molecule has 1 aromatic carbocycles. The molecule has 1 atom stereocenters. The summed E-state index contributed by atoms with van der Waals surface area (Å²) in [5.41, 5.74) is 2.05. The van der Waals surface area contributed by atoms with Crippen LogP contribution < -0.4 is 5.32 Å². The van der Waals surface area contributed by atoms with Crippen LogP contribution in [0.4, 0.5) is 5.95 Å². The number of ketones is 1. The lowest BCUT2D eigenvalue weighted by Gasteiger charge is -2.19. The first-order valence-corrected chi connectivity index (χ1v) is 9.74. The van der Waals surface area contributed by atoms with E-state index in [1.165, 1.54) is 18.0 Å². The first-order valence-electron chi connectivity index (χ1n) is 8.75. The molecule has 1 N–H and O–H groups in total. The van der Waals surface area contributed by atoms with Crippen LogP contribution in [0.15, 0.2) is 41.7 Å². The van der Waals surface area contributed by atoms with Gasteiger partial charge in [-0.3, -0.25) is 14.9 Å². The predicted octanol–water partition coefficient (Wildman–Crippen LogP) is 1.95. The number of fused-ring (bicyclic) bond motifs is 1. The maximum Gasteiger partial charge on any atom is 0.237 e. The van der Waals surface area contributed by atoms with E-state index in [0.29, 0.717) is 29.3 Å². The molecule has 0 aliphatic heterocycles. The van der Waals surface area contributed by atoms with E-state index in [0.717, 1.165) is 5.69 Å². The third kappa shape index (κ3) is 3.91. The van der Waals surface area contributed by atoms with Crippen LogP contribution in [-0.2, 0) is 11.2 Å². The molecule has 0 radical (unpaired) electrons. The molecule has 1 amide bonds. The first kappa shape index (κ1) is 18.2. The van der Waals surface area contributed by atoms with E-state index in [4.69, 9.17) is 0 Å². The third-order valence-electron chi connectivity index (χ3n) is 4.27. The second-order valence-corrected chi connectivity index (χ2v) is 7.48. The Kier molecular flexibility index (Phi) is 5.11. The standard InChI is InChI=1S/C18H17N7O2S/c1-11-7-14-13(15(26)8-11)9-19-17(20-14)21-16(27)10-28-18-22-23-24-25(18)12-5-3-2-4-6-12/h2-6,9,11H,7-8,10H2,1H3,(H,19,20,21,27)/t11-/m0/s1. The molecule has 10 heteroatoms. The summed E-state index contributed by atoms with van der Waals surface area (Å²) in [4.78, 5) is 32.8. The number of aromatic nitrogens is 6. The summed E-state index contributed by atoms with van der Waals surface area (Å²) in [5, 5.41) is 14.8. The SMILES string of the molecule is C[C@@H]1CC(=O)c2cnc(NC(=O)CSc3nnnn3-c3ccccc3)nc2C1. The van der Waals surface area contributed by atoms with Crippen molar-refractivity contribution in [2.24, 2.45) is 5.92 Å². The minimum atomic E-state index is -0.275. The second kappa shape index (κ2) is 7.85. The number of para-hydroxylation sites is 1. The Balaban J connectivity index is 1.40. The molecule has 0 saturated carbocycles. The lowest BCUT2D eigenvalue weighted by Crippen LogP contribution is -2.22. The number of hydrogen-bond acceptors (Lipinski definition) is 8. The van der Waals surface area contributed by atoms with Crippen molar-refractivity contribution in [1.29, 1.82) is 0 Å². The van der Waals surface area contributed by atoms with Gasteiger partial charge < -0.3 is 0 Å². The molecular weight excluding hydrogens is 378 g/mol. The maximum absolute atomic E-state index is 12.3. The minimum Gasteiger partial charge on any atom is -0.294 e. The molecule has 1 aliphatic carbocycles. The fourth-order valence-electron chi connectivity index (χ4n) is 2.99. The molecule has 0 spiro atoms. The van der Waals surface area contributed by atoms with Crippen molar-refractivity contribution in [1.82, 2.24) is 30.2 Å². The summed E-state index contributed by atoms with van der Waals surface area (Å²) in [6.45, 7) is 2.01. The number of benzene rings is 1. The Morgan fingerprint density at radius 1 is 1.29 bits per heavy atom. The number of Topliss-reactive ketones (excluding diaryl/α,β-unsaturated/α-hetero) is 1. The van der Waals surface area contributed by atoms with Gasteiger partial charge in [-0.1, -0.05) is 36.9 Å². The van der Waals surface area contributed by atoms with Gasteiger partial charge in [0.05, 0.1) is 22.7 Å². The van der Waals surface area contributed by atoms with Crippen LogP contribution in [0, 0.1) is 5.92 Å². The lowest BCUT2D eigenvalue weighted by molar-refractivity contribution is -0.113. The zero-order chi connectivity index (χ0) is 19.5. The zero-order valence-electron chi connectivity index (χ0n) is 15.1. The molecule has 2 aromatic heterocycles. The molecule has 1 aliphatic rings. The largest absolute Gasteiger partial charge is 0.294 e. The van der Waals surface area contributed by atoms with E-state index in [1.54, 1.807) is 4.68 Å². The van der Waals surface area contributed by atoms with E-state index < -0.39 is 0 Å². The van der Waals surface area contributed by atoms with Crippen molar-refractivity contribution in [3.8, 4) is 5.69 Å². The molecular formula is C18H17N7O2S. The average Bonchev–Trinajstić information content (AvgIpc) is 3.15. The fourth-order valence-corrected chi connectivity index (χ4v) is 3.68. The molecule has 0 unspecified atom stereocenters. The topological polar surface area (TPSA) is 116 Å². The van der Waals surface area contributed by atoms with Crippen LogP contribution in [0.2, 0.25) is 0 Å². The van der Waals surface area contributed by atoms with Crippen LogP contribution in [0.1, 0.15) is 29.4 Å². The highest BCUT2D eigenvalue weighted by Gasteiger charge is 2.24. The molecule has 4 rings (SSSR count). The molecule has 0 bridgehead atoms. The number of rotatable bonds is 5. The van der Waals surface area contributed by atoms with Crippen molar-refractivity contribution in [3.63, 3.8) is 0 Å². The molecule has 2 heterocycles. The Morgan fingerprint density at radius 3 is 2.93 bits per heavy atom. The molecule has 3 aromatic rings. The third-order valence-corrected chi connectivity index (χ3v) is 5.19. The van der Waals surface area contributed by atoms with Crippen LogP contribution in [0.5, 0.6) is 0 Å². The van der Waals surface area contributed by atoms with Gasteiger partial charge in [0.2, 0.25) is 17.0 Å². The summed E-state index contributed by atoms with van der Waals surface area (Å²) in [5.74, 6) is 0.320. The van der Waals surface area contributed by atoms with Gasteiger partial charge in [-0.15, -0.1) is 5.10 Å². The van der Waals surface area contributed by atoms with Crippen molar-refractivity contribution in [3.05, 3.63) is 47.8 Å². The quantitative estimate of drug-likeness (QED) is 0.652. The van der Waals surface area contributed by atoms with E-state index in [1.807, 2.05) is 37.3 Å².